The molecule has 0 heterocycles. The third kappa shape index (κ3) is 4.92. The zero-order valence-electron chi connectivity index (χ0n) is 12.6. The van der Waals surface area contributed by atoms with E-state index in [1.54, 1.807) is 0 Å². The summed E-state index contributed by atoms with van der Waals surface area (Å²) in [6.07, 6.45) is -1.88. The fourth-order valence-electron chi connectivity index (χ4n) is 2.03. The molecule has 0 saturated heterocycles. The minimum absolute atomic E-state index is 0.0384. The number of nitrogens with zero attached hydrogens (tertiary/aromatic N) is 1. The van der Waals surface area contributed by atoms with Crippen molar-refractivity contribution in [3.8, 4) is 11.8 Å². The molecule has 0 saturated carbocycles. The van der Waals surface area contributed by atoms with Gasteiger partial charge < -0.3 is 10.2 Å². The number of aryl methyl sites for hydroxylation is 1. The molecule has 0 aliphatic rings. The van der Waals surface area contributed by atoms with Crippen molar-refractivity contribution in [1.82, 2.24) is 0 Å². The van der Waals surface area contributed by atoms with Crippen molar-refractivity contribution in [3.63, 3.8) is 0 Å². The smallest absolute Gasteiger partial charge is 0.269 e. The first-order valence-electron chi connectivity index (χ1n) is 7.14. The molecule has 5 nitrogen and oxygen atoms in total. The molecule has 0 aromatic heterocycles. The molecule has 2 rings (SSSR count). The van der Waals surface area contributed by atoms with Crippen molar-refractivity contribution in [2.45, 2.75) is 25.6 Å². The molecule has 118 valence electrons. The van der Waals surface area contributed by atoms with E-state index in [0.717, 1.165) is 11.1 Å². The van der Waals surface area contributed by atoms with Crippen molar-refractivity contribution in [1.29, 1.82) is 0 Å². The van der Waals surface area contributed by atoms with Gasteiger partial charge in [0.1, 0.15) is 6.10 Å². The van der Waals surface area contributed by atoms with E-state index >= 15 is 0 Å². The quantitative estimate of drug-likeness (QED) is 0.516. The number of nitro groups is 1. The predicted octanol–water partition coefficient (Wildman–Crippen LogP) is 2.74. The molecule has 2 atom stereocenters. The Morgan fingerprint density at radius 2 is 1.70 bits per heavy atom. The molecule has 0 amide bonds. The molecule has 2 aromatic rings. The van der Waals surface area contributed by atoms with Crippen LogP contribution in [0.2, 0.25) is 0 Å². The summed E-state index contributed by atoms with van der Waals surface area (Å²) in [5, 5.41) is 30.5. The maximum atomic E-state index is 10.6. The second-order valence-electron chi connectivity index (χ2n) is 5.25. The van der Waals surface area contributed by atoms with Crippen LogP contribution in [0.15, 0.2) is 48.5 Å². The van der Waals surface area contributed by atoms with Gasteiger partial charge in [-0.3, -0.25) is 10.1 Å². The minimum atomic E-state index is -0.985. The van der Waals surface area contributed by atoms with E-state index in [-0.39, 0.29) is 12.1 Å². The summed E-state index contributed by atoms with van der Waals surface area (Å²) in [6.45, 7) is 1.98. The van der Waals surface area contributed by atoms with E-state index in [1.807, 2.05) is 31.2 Å². The Kier molecular flexibility index (Phi) is 5.47. The topological polar surface area (TPSA) is 83.6 Å². The van der Waals surface area contributed by atoms with Gasteiger partial charge in [-0.05, 0) is 36.8 Å². The molecule has 5 heteroatoms. The Labute approximate surface area is 134 Å². The summed E-state index contributed by atoms with van der Waals surface area (Å²) in [6, 6.07) is 13.2. The fraction of sp³-hybridized carbons (Fsp3) is 0.222. The summed E-state index contributed by atoms with van der Waals surface area (Å²) in [7, 11) is 0. The number of aliphatic hydroxyl groups excluding tert-OH is 2. The lowest BCUT2D eigenvalue weighted by Crippen LogP contribution is -2.10. The highest BCUT2D eigenvalue weighted by Crippen LogP contribution is 2.21. The first kappa shape index (κ1) is 16.7. The van der Waals surface area contributed by atoms with Gasteiger partial charge in [0.2, 0.25) is 0 Å². The normalized spacial score (nSPS) is 12.8. The average Bonchev–Trinajstić information content (AvgIpc) is 2.54. The summed E-state index contributed by atoms with van der Waals surface area (Å²) in [4.78, 5) is 10.1. The largest absolute Gasteiger partial charge is 0.388 e. The van der Waals surface area contributed by atoms with Crippen LogP contribution in [0.4, 0.5) is 5.69 Å². The predicted molar refractivity (Wildman–Crippen MR) is 86.7 cm³/mol. The molecule has 0 radical (unpaired) electrons. The maximum Gasteiger partial charge on any atom is 0.269 e. The van der Waals surface area contributed by atoms with Crippen LogP contribution in [0, 0.1) is 28.9 Å². The highest BCUT2D eigenvalue weighted by atomic mass is 16.6. The van der Waals surface area contributed by atoms with E-state index in [1.165, 1.54) is 24.3 Å². The van der Waals surface area contributed by atoms with Crippen LogP contribution >= 0.6 is 0 Å². The van der Waals surface area contributed by atoms with Crippen LogP contribution in [0.3, 0.4) is 0 Å². The zero-order valence-corrected chi connectivity index (χ0v) is 12.6. The third-order valence-corrected chi connectivity index (χ3v) is 3.37. The number of rotatable bonds is 4. The first-order chi connectivity index (χ1) is 11.0. The van der Waals surface area contributed by atoms with Crippen molar-refractivity contribution >= 4 is 5.69 Å². The second-order valence-corrected chi connectivity index (χ2v) is 5.25. The standard InChI is InChI=1S/C18H17NO4/c1-13-2-4-14(5-3-13)6-11-17(20)12-18(21)15-7-9-16(10-8-15)19(22)23/h2-5,7-10,17-18,20-21H,12H2,1H3. The lowest BCUT2D eigenvalue weighted by Gasteiger charge is -2.12. The first-order valence-corrected chi connectivity index (χ1v) is 7.14. The van der Waals surface area contributed by atoms with Crippen molar-refractivity contribution in [2.75, 3.05) is 0 Å². The highest BCUT2D eigenvalue weighted by molar-refractivity contribution is 5.37. The van der Waals surface area contributed by atoms with Gasteiger partial charge >= 0.3 is 0 Å². The molecule has 0 bridgehead atoms. The van der Waals surface area contributed by atoms with Gasteiger partial charge in [-0.1, -0.05) is 29.5 Å². The SMILES string of the molecule is Cc1ccc(C#CC(O)CC(O)c2ccc([N+](=O)[O-])cc2)cc1. The fourth-order valence-corrected chi connectivity index (χ4v) is 2.03. The maximum absolute atomic E-state index is 10.6. The van der Waals surface area contributed by atoms with Crippen LogP contribution in [0.1, 0.15) is 29.2 Å². The molecule has 0 aliphatic carbocycles. The van der Waals surface area contributed by atoms with Crippen molar-refractivity contribution < 1.29 is 15.1 Å². The van der Waals surface area contributed by atoms with Crippen LogP contribution in [-0.4, -0.2) is 21.2 Å². The van der Waals surface area contributed by atoms with Gasteiger partial charge in [0.05, 0.1) is 11.0 Å². The van der Waals surface area contributed by atoms with Crippen molar-refractivity contribution in [3.05, 3.63) is 75.3 Å². The molecule has 0 spiro atoms. The number of benzene rings is 2. The van der Waals surface area contributed by atoms with Gasteiger partial charge in [0.15, 0.2) is 0 Å². The third-order valence-electron chi connectivity index (χ3n) is 3.37. The van der Waals surface area contributed by atoms with Gasteiger partial charge in [-0.2, -0.15) is 0 Å². The number of non-ortho nitro benzene ring substituents is 1. The number of hydrogen-bond acceptors (Lipinski definition) is 4. The molecular weight excluding hydrogens is 294 g/mol. The molecule has 2 N–H and O–H groups in total. The van der Waals surface area contributed by atoms with E-state index in [9.17, 15) is 20.3 Å². The van der Waals surface area contributed by atoms with Gasteiger partial charge in [0, 0.05) is 24.1 Å². The van der Waals surface area contributed by atoms with Gasteiger partial charge in [0.25, 0.3) is 5.69 Å². The Morgan fingerprint density at radius 3 is 2.26 bits per heavy atom. The van der Waals surface area contributed by atoms with Crippen molar-refractivity contribution in [2.24, 2.45) is 0 Å². The Bertz CT molecular complexity index is 726. The van der Waals surface area contributed by atoms with E-state index < -0.39 is 17.1 Å². The van der Waals surface area contributed by atoms with Crippen LogP contribution in [-0.2, 0) is 0 Å². The Hall–Kier alpha value is -2.68. The highest BCUT2D eigenvalue weighted by Gasteiger charge is 2.13. The van der Waals surface area contributed by atoms with Gasteiger partial charge in [-0.15, -0.1) is 0 Å². The monoisotopic (exact) mass is 311 g/mol. The lowest BCUT2D eigenvalue weighted by atomic mass is 10.0. The lowest BCUT2D eigenvalue weighted by molar-refractivity contribution is -0.384. The van der Waals surface area contributed by atoms with E-state index in [4.69, 9.17) is 0 Å². The molecule has 2 unspecified atom stereocenters. The van der Waals surface area contributed by atoms with E-state index in [0.29, 0.717) is 5.56 Å². The summed E-state index contributed by atoms with van der Waals surface area (Å²) in [5.74, 6) is 5.54. The summed E-state index contributed by atoms with van der Waals surface area (Å²) >= 11 is 0. The average molecular weight is 311 g/mol. The van der Waals surface area contributed by atoms with Gasteiger partial charge in [-0.25, -0.2) is 0 Å². The van der Waals surface area contributed by atoms with Crippen LogP contribution in [0.25, 0.3) is 0 Å². The Balaban J connectivity index is 1.98. The number of aliphatic hydroxyl groups is 2. The molecule has 23 heavy (non-hydrogen) atoms. The molecule has 0 fully saturated rings. The second kappa shape index (κ2) is 7.54. The molecular formula is C18H17NO4. The van der Waals surface area contributed by atoms with Crippen LogP contribution < -0.4 is 0 Å². The molecule has 0 aliphatic heterocycles. The zero-order chi connectivity index (χ0) is 16.8. The van der Waals surface area contributed by atoms with Crippen LogP contribution in [0.5, 0.6) is 0 Å². The Morgan fingerprint density at radius 1 is 1.09 bits per heavy atom. The number of nitro benzene ring substituents is 1. The summed E-state index contributed by atoms with van der Waals surface area (Å²) < 4.78 is 0. The summed E-state index contributed by atoms with van der Waals surface area (Å²) in [5.41, 5.74) is 2.39. The minimum Gasteiger partial charge on any atom is -0.388 e. The van der Waals surface area contributed by atoms with E-state index in [2.05, 4.69) is 11.8 Å². The number of hydrogen-bond donors (Lipinski definition) is 2. The molecule has 2 aromatic carbocycles.